The van der Waals surface area contributed by atoms with Crippen molar-refractivity contribution in [1.82, 2.24) is 14.8 Å². The van der Waals surface area contributed by atoms with Crippen LogP contribution in [0.2, 0.25) is 0 Å². The van der Waals surface area contributed by atoms with Crippen LogP contribution in [0.3, 0.4) is 0 Å². The third-order valence-electron chi connectivity index (χ3n) is 2.80. The average Bonchev–Trinajstić information content (AvgIpc) is 2.78. The van der Waals surface area contributed by atoms with Gasteiger partial charge >= 0.3 is 11.7 Å². The molecule has 1 heterocycles. The lowest BCUT2D eigenvalue weighted by atomic mass is 10.1. The Labute approximate surface area is 124 Å². The maximum Gasteiger partial charge on any atom is 0.343 e. The lowest BCUT2D eigenvalue weighted by Crippen LogP contribution is -2.17. The SMILES string of the molecule is CCCn1c(SCc2ccc(C(=O)O)c(F)c2)n[nH]c1=O. The van der Waals surface area contributed by atoms with Gasteiger partial charge in [0.2, 0.25) is 0 Å². The van der Waals surface area contributed by atoms with Gasteiger partial charge in [0.1, 0.15) is 5.82 Å². The molecule has 6 nitrogen and oxygen atoms in total. The smallest absolute Gasteiger partial charge is 0.343 e. The van der Waals surface area contributed by atoms with Crippen LogP contribution in [0.15, 0.2) is 28.2 Å². The van der Waals surface area contributed by atoms with Gasteiger partial charge in [0.15, 0.2) is 5.16 Å². The second-order valence-electron chi connectivity index (χ2n) is 4.37. The van der Waals surface area contributed by atoms with Gasteiger partial charge in [0.25, 0.3) is 0 Å². The summed E-state index contributed by atoms with van der Waals surface area (Å²) in [7, 11) is 0. The van der Waals surface area contributed by atoms with E-state index in [1.54, 1.807) is 6.07 Å². The molecule has 0 unspecified atom stereocenters. The molecule has 0 atom stereocenters. The zero-order valence-corrected chi connectivity index (χ0v) is 12.1. The predicted molar refractivity (Wildman–Crippen MR) is 76.1 cm³/mol. The van der Waals surface area contributed by atoms with E-state index >= 15 is 0 Å². The van der Waals surface area contributed by atoms with Crippen LogP contribution >= 0.6 is 11.8 Å². The number of rotatable bonds is 6. The number of aromatic carboxylic acids is 1. The molecule has 21 heavy (non-hydrogen) atoms. The van der Waals surface area contributed by atoms with E-state index in [4.69, 9.17) is 5.11 Å². The van der Waals surface area contributed by atoms with Gasteiger partial charge < -0.3 is 5.11 Å². The molecule has 0 fully saturated rings. The van der Waals surface area contributed by atoms with Gasteiger partial charge in [-0.3, -0.25) is 4.57 Å². The van der Waals surface area contributed by atoms with Gasteiger partial charge in [-0.1, -0.05) is 24.8 Å². The van der Waals surface area contributed by atoms with E-state index in [-0.39, 0.29) is 11.3 Å². The summed E-state index contributed by atoms with van der Waals surface area (Å²) >= 11 is 1.29. The molecule has 8 heteroatoms. The number of hydrogen-bond acceptors (Lipinski definition) is 4. The Morgan fingerprint density at radius 2 is 2.29 bits per heavy atom. The Balaban J connectivity index is 2.12. The van der Waals surface area contributed by atoms with Gasteiger partial charge in [-0.15, -0.1) is 5.10 Å². The van der Waals surface area contributed by atoms with Crippen molar-refractivity contribution in [3.8, 4) is 0 Å². The lowest BCUT2D eigenvalue weighted by Gasteiger charge is -2.05. The summed E-state index contributed by atoms with van der Waals surface area (Å²) < 4.78 is 15.1. The number of halogens is 1. The minimum atomic E-state index is -1.30. The number of carboxylic acid groups (broad SMARTS) is 1. The van der Waals surface area contributed by atoms with Gasteiger partial charge in [0, 0.05) is 12.3 Å². The van der Waals surface area contributed by atoms with E-state index < -0.39 is 11.8 Å². The second kappa shape index (κ2) is 6.57. The van der Waals surface area contributed by atoms with E-state index in [0.717, 1.165) is 6.42 Å². The van der Waals surface area contributed by atoms with Gasteiger partial charge in [-0.2, -0.15) is 0 Å². The van der Waals surface area contributed by atoms with Gasteiger partial charge in [0.05, 0.1) is 5.56 Å². The Morgan fingerprint density at radius 1 is 1.52 bits per heavy atom. The van der Waals surface area contributed by atoms with Crippen LogP contribution in [0.4, 0.5) is 4.39 Å². The minimum absolute atomic E-state index is 0.272. The highest BCUT2D eigenvalue weighted by Crippen LogP contribution is 2.21. The van der Waals surface area contributed by atoms with E-state index in [0.29, 0.717) is 23.0 Å². The Bertz CT molecular complexity index is 711. The first-order chi connectivity index (χ1) is 10.0. The van der Waals surface area contributed by atoms with Crippen LogP contribution in [0, 0.1) is 5.82 Å². The second-order valence-corrected chi connectivity index (χ2v) is 5.31. The fraction of sp³-hybridized carbons (Fsp3) is 0.308. The maximum absolute atomic E-state index is 13.6. The van der Waals surface area contributed by atoms with Gasteiger partial charge in [-0.05, 0) is 24.1 Å². The van der Waals surface area contributed by atoms with E-state index in [2.05, 4.69) is 10.2 Å². The number of carbonyl (C=O) groups is 1. The highest BCUT2D eigenvalue weighted by atomic mass is 32.2. The standard InChI is InChI=1S/C13H14FN3O3S/c1-2-5-17-12(20)15-16-13(17)21-7-8-3-4-9(11(18)19)10(14)6-8/h3-4,6H,2,5,7H2,1H3,(H,15,20)(H,18,19). The maximum atomic E-state index is 13.6. The zero-order valence-electron chi connectivity index (χ0n) is 11.3. The van der Waals surface area contributed by atoms with E-state index in [1.807, 2.05) is 6.92 Å². The molecule has 0 aliphatic heterocycles. The molecule has 0 saturated heterocycles. The van der Waals surface area contributed by atoms with Crippen molar-refractivity contribution in [3.63, 3.8) is 0 Å². The predicted octanol–water partition coefficient (Wildman–Crippen LogP) is 2.11. The fourth-order valence-corrected chi connectivity index (χ4v) is 2.72. The summed E-state index contributed by atoms with van der Waals surface area (Å²) in [5.74, 6) is -1.67. The van der Waals surface area contributed by atoms with Crippen molar-refractivity contribution >= 4 is 17.7 Å². The Kier molecular flexibility index (Phi) is 4.79. The molecule has 2 rings (SSSR count). The summed E-state index contributed by atoms with van der Waals surface area (Å²) in [5.41, 5.74) is -0.000774. The number of H-pyrrole nitrogens is 1. The molecule has 1 aromatic carbocycles. The Hall–Kier alpha value is -2.09. The summed E-state index contributed by atoms with van der Waals surface area (Å²) in [6.07, 6.45) is 0.801. The summed E-state index contributed by atoms with van der Waals surface area (Å²) in [6.45, 7) is 2.51. The molecule has 0 radical (unpaired) electrons. The first-order valence-electron chi connectivity index (χ1n) is 6.32. The van der Waals surface area contributed by atoms with Crippen molar-refractivity contribution in [2.45, 2.75) is 30.8 Å². The quantitative estimate of drug-likeness (QED) is 0.798. The fourth-order valence-electron chi connectivity index (χ4n) is 1.80. The minimum Gasteiger partial charge on any atom is -0.478 e. The molecular formula is C13H14FN3O3S. The molecular weight excluding hydrogens is 297 g/mol. The number of aromatic amines is 1. The van der Waals surface area contributed by atoms with Crippen LogP contribution in [-0.4, -0.2) is 25.8 Å². The number of benzene rings is 1. The lowest BCUT2D eigenvalue weighted by molar-refractivity contribution is 0.0692. The Morgan fingerprint density at radius 3 is 2.90 bits per heavy atom. The number of nitrogens with one attached hydrogen (secondary N) is 1. The topological polar surface area (TPSA) is 88.0 Å². The zero-order chi connectivity index (χ0) is 15.4. The molecule has 0 aliphatic carbocycles. The monoisotopic (exact) mass is 311 g/mol. The molecule has 0 amide bonds. The third kappa shape index (κ3) is 3.52. The van der Waals surface area contributed by atoms with Crippen LogP contribution in [-0.2, 0) is 12.3 Å². The van der Waals surface area contributed by atoms with Crippen LogP contribution < -0.4 is 5.69 Å². The van der Waals surface area contributed by atoms with Crippen LogP contribution in [0.5, 0.6) is 0 Å². The number of thioether (sulfide) groups is 1. The number of hydrogen-bond donors (Lipinski definition) is 2. The molecule has 2 N–H and O–H groups in total. The largest absolute Gasteiger partial charge is 0.478 e. The first-order valence-corrected chi connectivity index (χ1v) is 7.31. The molecule has 2 aromatic rings. The molecule has 0 bridgehead atoms. The molecule has 0 spiro atoms. The molecule has 0 aliphatic rings. The third-order valence-corrected chi connectivity index (χ3v) is 3.85. The first kappa shape index (κ1) is 15.3. The van der Waals surface area contributed by atoms with Crippen molar-refractivity contribution in [2.75, 3.05) is 0 Å². The van der Waals surface area contributed by atoms with Crippen LogP contribution in [0.1, 0.15) is 29.3 Å². The number of nitrogens with zero attached hydrogens (tertiary/aromatic N) is 2. The van der Waals surface area contributed by atoms with Crippen molar-refractivity contribution in [2.24, 2.45) is 0 Å². The normalized spacial score (nSPS) is 10.8. The van der Waals surface area contributed by atoms with Gasteiger partial charge in [-0.25, -0.2) is 19.1 Å². The summed E-state index contributed by atoms with van der Waals surface area (Å²) in [5, 5.41) is 15.6. The van der Waals surface area contributed by atoms with Crippen molar-refractivity contribution < 1.29 is 14.3 Å². The molecule has 112 valence electrons. The molecule has 1 aromatic heterocycles. The summed E-state index contributed by atoms with van der Waals surface area (Å²) in [4.78, 5) is 22.3. The number of carboxylic acids is 1. The highest BCUT2D eigenvalue weighted by Gasteiger charge is 2.12. The average molecular weight is 311 g/mol. The van der Waals surface area contributed by atoms with Crippen LogP contribution in [0.25, 0.3) is 0 Å². The van der Waals surface area contributed by atoms with E-state index in [1.165, 1.54) is 28.5 Å². The summed E-state index contributed by atoms with van der Waals surface area (Å²) in [6, 6.07) is 3.97. The molecule has 0 saturated carbocycles. The van der Waals surface area contributed by atoms with Crippen molar-refractivity contribution in [1.29, 1.82) is 0 Å². The highest BCUT2D eigenvalue weighted by molar-refractivity contribution is 7.98. The van der Waals surface area contributed by atoms with Crippen molar-refractivity contribution in [3.05, 3.63) is 45.6 Å². The van der Waals surface area contributed by atoms with E-state index in [9.17, 15) is 14.0 Å². The number of aromatic nitrogens is 3.